The molecule has 0 heterocycles. The number of hydrogen-bond acceptors (Lipinski definition) is 1. The summed E-state index contributed by atoms with van der Waals surface area (Å²) in [7, 11) is 0. The van der Waals surface area contributed by atoms with Crippen molar-refractivity contribution >= 4 is 0 Å². The molecule has 0 aromatic rings. The van der Waals surface area contributed by atoms with Crippen molar-refractivity contribution < 1.29 is 4.39 Å². The second kappa shape index (κ2) is 5.30. The van der Waals surface area contributed by atoms with Crippen LogP contribution in [0.15, 0.2) is 11.6 Å². The SMILES string of the molecule is FCCNCCC1=CCCC1. The lowest BCUT2D eigenvalue weighted by Crippen LogP contribution is -2.18. The normalized spacial score (nSPS) is 17.0. The Balaban J connectivity index is 1.94. The molecular weight excluding hydrogens is 141 g/mol. The van der Waals surface area contributed by atoms with Crippen LogP contribution in [0.5, 0.6) is 0 Å². The van der Waals surface area contributed by atoms with Gasteiger partial charge >= 0.3 is 0 Å². The largest absolute Gasteiger partial charge is 0.314 e. The Morgan fingerprint density at radius 3 is 3.00 bits per heavy atom. The minimum atomic E-state index is -0.251. The Bertz CT molecular complexity index is 132. The zero-order valence-electron chi connectivity index (χ0n) is 6.91. The fraction of sp³-hybridized carbons (Fsp3) is 0.778. The third-order valence-corrected chi connectivity index (χ3v) is 2.03. The summed E-state index contributed by atoms with van der Waals surface area (Å²) in [4.78, 5) is 0. The molecule has 0 aliphatic heterocycles. The lowest BCUT2D eigenvalue weighted by molar-refractivity contribution is 0.468. The van der Waals surface area contributed by atoms with Crippen LogP contribution in [0.4, 0.5) is 4.39 Å². The van der Waals surface area contributed by atoms with Gasteiger partial charge in [0.25, 0.3) is 0 Å². The van der Waals surface area contributed by atoms with Crippen molar-refractivity contribution in [2.24, 2.45) is 0 Å². The average molecular weight is 157 g/mol. The van der Waals surface area contributed by atoms with Gasteiger partial charge < -0.3 is 5.32 Å². The number of halogens is 1. The topological polar surface area (TPSA) is 12.0 Å². The smallest absolute Gasteiger partial charge is 0.102 e. The van der Waals surface area contributed by atoms with Crippen LogP contribution in [0.25, 0.3) is 0 Å². The number of rotatable bonds is 5. The second-order valence-corrected chi connectivity index (χ2v) is 2.94. The zero-order chi connectivity index (χ0) is 7.94. The van der Waals surface area contributed by atoms with Crippen molar-refractivity contribution in [3.8, 4) is 0 Å². The first-order valence-corrected chi connectivity index (χ1v) is 4.38. The highest BCUT2D eigenvalue weighted by Gasteiger charge is 2.02. The lowest BCUT2D eigenvalue weighted by atomic mass is 10.2. The van der Waals surface area contributed by atoms with Gasteiger partial charge in [-0.25, -0.2) is 4.39 Å². The van der Waals surface area contributed by atoms with Crippen molar-refractivity contribution in [3.05, 3.63) is 11.6 Å². The molecule has 1 N–H and O–H groups in total. The van der Waals surface area contributed by atoms with E-state index < -0.39 is 0 Å². The molecule has 2 heteroatoms. The van der Waals surface area contributed by atoms with Gasteiger partial charge in [-0.3, -0.25) is 0 Å². The van der Waals surface area contributed by atoms with Crippen molar-refractivity contribution in [3.63, 3.8) is 0 Å². The van der Waals surface area contributed by atoms with Gasteiger partial charge in [-0.1, -0.05) is 11.6 Å². The van der Waals surface area contributed by atoms with Gasteiger partial charge in [0.2, 0.25) is 0 Å². The maximum absolute atomic E-state index is 11.6. The maximum atomic E-state index is 11.6. The van der Waals surface area contributed by atoms with E-state index in [1.807, 2.05) is 0 Å². The minimum absolute atomic E-state index is 0.251. The van der Waals surface area contributed by atoms with Crippen molar-refractivity contribution in [2.75, 3.05) is 19.8 Å². The molecule has 64 valence electrons. The molecule has 0 aromatic carbocycles. The number of allylic oxidation sites excluding steroid dienone is 1. The third-order valence-electron chi connectivity index (χ3n) is 2.03. The molecule has 0 fully saturated rings. The molecule has 1 nitrogen and oxygen atoms in total. The van der Waals surface area contributed by atoms with Crippen molar-refractivity contribution in [1.29, 1.82) is 0 Å². The van der Waals surface area contributed by atoms with Gasteiger partial charge in [0.1, 0.15) is 6.67 Å². The summed E-state index contributed by atoms with van der Waals surface area (Å²) in [5, 5.41) is 3.05. The number of alkyl halides is 1. The summed E-state index contributed by atoms with van der Waals surface area (Å²) in [6.07, 6.45) is 7.26. The quantitative estimate of drug-likeness (QED) is 0.475. The van der Waals surface area contributed by atoms with Crippen LogP contribution in [-0.2, 0) is 0 Å². The molecule has 0 aromatic heterocycles. The van der Waals surface area contributed by atoms with E-state index in [1.54, 1.807) is 5.57 Å². The molecule has 0 amide bonds. The first kappa shape index (κ1) is 8.72. The van der Waals surface area contributed by atoms with Gasteiger partial charge in [0, 0.05) is 6.54 Å². The summed E-state index contributed by atoms with van der Waals surface area (Å²) in [5.41, 5.74) is 1.55. The standard InChI is InChI=1S/C9H16FN/c10-6-8-11-7-5-9-3-1-2-4-9/h3,11H,1-2,4-8H2. The number of hydrogen-bond donors (Lipinski definition) is 1. The summed E-state index contributed by atoms with van der Waals surface area (Å²) in [5.74, 6) is 0. The summed E-state index contributed by atoms with van der Waals surface area (Å²) in [6, 6.07) is 0. The fourth-order valence-corrected chi connectivity index (χ4v) is 1.41. The highest BCUT2D eigenvalue weighted by Crippen LogP contribution is 2.19. The number of nitrogens with one attached hydrogen (secondary N) is 1. The molecule has 0 saturated heterocycles. The summed E-state index contributed by atoms with van der Waals surface area (Å²) < 4.78 is 11.6. The van der Waals surface area contributed by atoms with Crippen molar-refractivity contribution in [1.82, 2.24) is 5.32 Å². The van der Waals surface area contributed by atoms with Crippen LogP contribution in [-0.4, -0.2) is 19.8 Å². The summed E-state index contributed by atoms with van der Waals surface area (Å²) >= 11 is 0. The van der Waals surface area contributed by atoms with E-state index in [0.717, 1.165) is 13.0 Å². The van der Waals surface area contributed by atoms with Crippen molar-refractivity contribution in [2.45, 2.75) is 25.7 Å². The molecular formula is C9H16FN. The second-order valence-electron chi connectivity index (χ2n) is 2.94. The van der Waals surface area contributed by atoms with Gasteiger partial charge in [-0.15, -0.1) is 0 Å². The van der Waals surface area contributed by atoms with Gasteiger partial charge in [0.15, 0.2) is 0 Å². The van der Waals surface area contributed by atoms with Gasteiger partial charge in [-0.2, -0.15) is 0 Å². The molecule has 1 aliphatic carbocycles. The minimum Gasteiger partial charge on any atom is -0.314 e. The molecule has 0 radical (unpaired) electrons. The van der Waals surface area contributed by atoms with E-state index in [0.29, 0.717) is 6.54 Å². The van der Waals surface area contributed by atoms with Crippen LogP contribution < -0.4 is 5.32 Å². The Morgan fingerprint density at radius 2 is 2.36 bits per heavy atom. The Morgan fingerprint density at radius 1 is 1.45 bits per heavy atom. The van der Waals surface area contributed by atoms with E-state index in [9.17, 15) is 4.39 Å². The molecule has 11 heavy (non-hydrogen) atoms. The lowest BCUT2D eigenvalue weighted by Gasteiger charge is -2.01. The predicted octanol–water partition coefficient (Wildman–Crippen LogP) is 2.05. The Labute approximate surface area is 67.7 Å². The van der Waals surface area contributed by atoms with Crippen LogP contribution >= 0.6 is 0 Å². The van der Waals surface area contributed by atoms with Crippen LogP contribution in [0.1, 0.15) is 25.7 Å². The van der Waals surface area contributed by atoms with Crippen LogP contribution in [0, 0.1) is 0 Å². The highest BCUT2D eigenvalue weighted by molar-refractivity contribution is 5.07. The molecule has 0 atom stereocenters. The van der Waals surface area contributed by atoms with Gasteiger partial charge in [-0.05, 0) is 32.2 Å². The molecule has 0 saturated carbocycles. The van der Waals surface area contributed by atoms with E-state index >= 15 is 0 Å². The average Bonchev–Trinajstić information content (AvgIpc) is 2.50. The maximum Gasteiger partial charge on any atom is 0.102 e. The Hall–Kier alpha value is -0.370. The zero-order valence-corrected chi connectivity index (χ0v) is 6.91. The van der Waals surface area contributed by atoms with E-state index in [4.69, 9.17) is 0 Å². The van der Waals surface area contributed by atoms with E-state index in [2.05, 4.69) is 11.4 Å². The summed E-state index contributed by atoms with van der Waals surface area (Å²) in [6.45, 7) is 1.20. The van der Waals surface area contributed by atoms with Crippen LogP contribution in [0.3, 0.4) is 0 Å². The van der Waals surface area contributed by atoms with Crippen LogP contribution in [0.2, 0.25) is 0 Å². The molecule has 0 spiro atoms. The van der Waals surface area contributed by atoms with E-state index in [1.165, 1.54) is 19.3 Å². The molecule has 1 rings (SSSR count). The van der Waals surface area contributed by atoms with Gasteiger partial charge in [0.05, 0.1) is 0 Å². The monoisotopic (exact) mass is 157 g/mol. The molecule has 1 aliphatic rings. The first-order chi connectivity index (χ1) is 5.43. The molecule has 0 bridgehead atoms. The highest BCUT2D eigenvalue weighted by atomic mass is 19.1. The fourth-order valence-electron chi connectivity index (χ4n) is 1.41. The predicted molar refractivity (Wildman–Crippen MR) is 45.4 cm³/mol. The third kappa shape index (κ3) is 3.51. The Kier molecular flexibility index (Phi) is 4.21. The van der Waals surface area contributed by atoms with E-state index in [-0.39, 0.29) is 6.67 Å². The first-order valence-electron chi connectivity index (χ1n) is 4.38. The molecule has 0 unspecified atom stereocenters.